The van der Waals surface area contributed by atoms with Crippen molar-refractivity contribution < 1.29 is 21.6 Å². The predicted molar refractivity (Wildman–Crippen MR) is 96.8 cm³/mol. The number of aryl methyl sites for hydroxylation is 1. The number of rotatable bonds is 4. The first kappa shape index (κ1) is 19.6. The molecule has 136 valence electrons. The Kier molecular flexibility index (Phi) is 5.98. The Morgan fingerprint density at radius 1 is 1.24 bits per heavy atom. The molecule has 1 aromatic carbocycles. The normalized spacial score (nSPS) is 16.2. The molecule has 25 heavy (non-hydrogen) atoms. The van der Waals surface area contributed by atoms with E-state index in [1.807, 2.05) is 0 Å². The summed E-state index contributed by atoms with van der Waals surface area (Å²) in [6.45, 7) is 4.93. The molecule has 0 aliphatic heterocycles. The fourth-order valence-electron chi connectivity index (χ4n) is 3.37. The summed E-state index contributed by atoms with van der Waals surface area (Å²) in [5.74, 6) is -0.559. The Balaban J connectivity index is 2.67. The number of nitrogens with zero attached hydrogens (tertiary/aromatic N) is 2. The van der Waals surface area contributed by atoms with Gasteiger partial charge in [-0.05, 0) is 36.8 Å². The fraction of sp³-hybridized carbons (Fsp3) is 0.471. The molecule has 0 saturated heterocycles. The Morgan fingerprint density at radius 3 is 2.44 bits per heavy atom. The highest BCUT2D eigenvalue weighted by atomic mass is 32.3. The summed E-state index contributed by atoms with van der Waals surface area (Å²) >= 11 is 0. The molecule has 8 heteroatoms. The molecule has 0 radical (unpaired) electrons. The van der Waals surface area contributed by atoms with Gasteiger partial charge in [-0.2, -0.15) is 0 Å². The van der Waals surface area contributed by atoms with Gasteiger partial charge in [0.05, 0.1) is 10.6 Å². The maximum atomic E-state index is 13.1. The van der Waals surface area contributed by atoms with Crippen LogP contribution >= 0.6 is 0 Å². The largest absolute Gasteiger partial charge is 0.499 e. The van der Waals surface area contributed by atoms with Crippen LogP contribution in [0.25, 0.3) is 5.53 Å². The Morgan fingerprint density at radius 2 is 1.88 bits per heavy atom. The summed E-state index contributed by atoms with van der Waals surface area (Å²) in [4.78, 5) is 2.59. The van der Waals surface area contributed by atoms with Gasteiger partial charge in [0.1, 0.15) is 0 Å². The molecule has 0 bridgehead atoms. The lowest BCUT2D eigenvalue weighted by Gasteiger charge is -2.24. The second-order valence-electron chi connectivity index (χ2n) is 6.27. The lowest BCUT2D eigenvalue weighted by atomic mass is 9.83. The topological polar surface area (TPSA) is 105 Å². The third-order valence-corrected chi connectivity index (χ3v) is 8.82. The lowest BCUT2D eigenvalue weighted by molar-refractivity contribution is 0.00382. The van der Waals surface area contributed by atoms with Crippen LogP contribution in [0, 0.1) is 6.92 Å². The first-order chi connectivity index (χ1) is 11.8. The van der Waals surface area contributed by atoms with Crippen molar-refractivity contribution in [3.05, 3.63) is 47.5 Å². The van der Waals surface area contributed by atoms with Gasteiger partial charge in [0.15, 0.2) is 0 Å². The van der Waals surface area contributed by atoms with Gasteiger partial charge in [0.25, 0.3) is 19.7 Å². The van der Waals surface area contributed by atoms with E-state index in [1.54, 1.807) is 25.1 Å². The van der Waals surface area contributed by atoms with E-state index in [2.05, 4.69) is 11.4 Å². The van der Waals surface area contributed by atoms with Crippen LogP contribution in [0.5, 0.6) is 0 Å². The van der Waals surface area contributed by atoms with Crippen LogP contribution in [0.1, 0.15) is 49.1 Å². The van der Waals surface area contributed by atoms with Gasteiger partial charge < -0.3 is 5.53 Å². The molecule has 0 heterocycles. The standard InChI is InChI=1S/C17H22N2O4S2/c1-3-12-24(20,21)17(19-18)25(22,23)16-13(2)8-7-11-15(16)14-9-5-4-6-10-14/h3,7-8,11,14H,1,4-6,9-10,12H2,2H3. The van der Waals surface area contributed by atoms with Crippen LogP contribution in [0.2, 0.25) is 0 Å². The zero-order valence-electron chi connectivity index (χ0n) is 14.2. The minimum absolute atomic E-state index is 0.0534. The van der Waals surface area contributed by atoms with Crippen molar-refractivity contribution in [2.24, 2.45) is 0 Å². The average molecular weight is 383 g/mol. The van der Waals surface area contributed by atoms with Crippen LogP contribution < -0.4 is 0 Å². The second kappa shape index (κ2) is 7.64. The predicted octanol–water partition coefficient (Wildman–Crippen LogP) is 3.00. The van der Waals surface area contributed by atoms with E-state index in [0.717, 1.165) is 38.2 Å². The van der Waals surface area contributed by atoms with Crippen molar-refractivity contribution in [3.63, 3.8) is 0 Å². The Bertz CT molecular complexity index is 921. The maximum absolute atomic E-state index is 13.1. The fourth-order valence-corrected chi connectivity index (χ4v) is 7.06. The summed E-state index contributed by atoms with van der Waals surface area (Å²) in [5.41, 5.74) is 10.2. The first-order valence-electron chi connectivity index (χ1n) is 8.16. The van der Waals surface area contributed by atoms with Gasteiger partial charge in [-0.3, -0.25) is 0 Å². The van der Waals surface area contributed by atoms with Crippen molar-refractivity contribution in [1.82, 2.24) is 0 Å². The monoisotopic (exact) mass is 382 g/mol. The van der Waals surface area contributed by atoms with Crippen LogP contribution in [0.15, 0.2) is 35.7 Å². The Labute approximate surface area is 149 Å². The van der Waals surface area contributed by atoms with E-state index >= 15 is 0 Å². The van der Waals surface area contributed by atoms with Gasteiger partial charge in [-0.1, -0.05) is 43.5 Å². The van der Waals surface area contributed by atoms with E-state index in [4.69, 9.17) is 0 Å². The van der Waals surface area contributed by atoms with Crippen LogP contribution in [-0.4, -0.2) is 31.8 Å². The second-order valence-corrected chi connectivity index (χ2v) is 10.3. The number of sulfone groups is 2. The summed E-state index contributed by atoms with van der Waals surface area (Å²) in [7, 11) is -8.78. The summed E-state index contributed by atoms with van der Waals surface area (Å²) in [6.07, 6.45) is 5.91. The summed E-state index contributed by atoms with van der Waals surface area (Å²) < 4.78 is 49.4. The smallest absolute Gasteiger partial charge is 0.359 e. The van der Waals surface area contributed by atoms with Crippen molar-refractivity contribution in [2.45, 2.75) is 49.8 Å². The molecule has 1 saturated carbocycles. The molecular formula is C17H22N2O4S2. The van der Waals surface area contributed by atoms with Crippen molar-refractivity contribution in [3.8, 4) is 0 Å². The summed E-state index contributed by atoms with van der Waals surface area (Å²) in [6, 6.07) is 5.12. The van der Waals surface area contributed by atoms with E-state index in [-0.39, 0.29) is 10.8 Å². The molecule has 0 aromatic heterocycles. The molecule has 0 amide bonds. The molecule has 6 nitrogen and oxygen atoms in total. The highest BCUT2D eigenvalue weighted by molar-refractivity contribution is 8.31. The minimum atomic E-state index is -4.48. The van der Waals surface area contributed by atoms with Crippen LogP contribution in [0.4, 0.5) is 0 Å². The SMILES string of the molecule is C=CCS(=O)(=O)C(=[N+]=[N-])S(=O)(=O)c1c(C)cccc1C1CCCCC1. The third kappa shape index (κ3) is 3.92. The highest BCUT2D eigenvalue weighted by Gasteiger charge is 2.44. The molecular weight excluding hydrogens is 360 g/mol. The molecule has 1 aliphatic carbocycles. The first-order valence-corrected chi connectivity index (χ1v) is 11.3. The van der Waals surface area contributed by atoms with Crippen molar-refractivity contribution >= 4 is 24.1 Å². The molecule has 2 rings (SSSR count). The molecule has 0 N–H and O–H groups in total. The van der Waals surface area contributed by atoms with E-state index < -0.39 is 29.8 Å². The number of benzene rings is 1. The van der Waals surface area contributed by atoms with Gasteiger partial charge in [0, 0.05) is 0 Å². The molecule has 1 aromatic rings. The third-order valence-electron chi connectivity index (χ3n) is 4.47. The van der Waals surface area contributed by atoms with Crippen molar-refractivity contribution in [1.29, 1.82) is 0 Å². The molecule has 0 spiro atoms. The molecule has 0 atom stereocenters. The van der Waals surface area contributed by atoms with E-state index in [1.165, 1.54) is 0 Å². The minimum Gasteiger partial charge on any atom is -0.359 e. The van der Waals surface area contributed by atoms with Gasteiger partial charge >= 0.3 is 4.38 Å². The number of hydrogen-bond acceptors (Lipinski definition) is 4. The number of hydrogen-bond donors (Lipinski definition) is 0. The zero-order chi connectivity index (χ0) is 18.7. The van der Waals surface area contributed by atoms with E-state index in [9.17, 15) is 22.4 Å². The quantitative estimate of drug-likeness (QED) is 0.262. The molecule has 0 unspecified atom stereocenters. The van der Waals surface area contributed by atoms with Gasteiger partial charge in [-0.25, -0.2) is 16.8 Å². The van der Waals surface area contributed by atoms with Gasteiger partial charge in [-0.15, -0.1) is 11.4 Å². The van der Waals surface area contributed by atoms with Gasteiger partial charge in [0.2, 0.25) is 0 Å². The summed E-state index contributed by atoms with van der Waals surface area (Å²) in [5, 5.41) is 0. The van der Waals surface area contributed by atoms with E-state index in [0.29, 0.717) is 11.1 Å². The molecule has 1 fully saturated rings. The van der Waals surface area contributed by atoms with Crippen molar-refractivity contribution in [2.75, 3.05) is 5.75 Å². The lowest BCUT2D eigenvalue weighted by Crippen LogP contribution is -2.29. The zero-order valence-corrected chi connectivity index (χ0v) is 15.8. The van der Waals surface area contributed by atoms with Crippen LogP contribution in [0.3, 0.4) is 0 Å². The average Bonchev–Trinajstić information content (AvgIpc) is 2.55. The Hall–Kier alpha value is -1.76. The molecule has 1 aliphatic rings. The highest BCUT2D eigenvalue weighted by Crippen LogP contribution is 2.37. The van der Waals surface area contributed by atoms with Crippen LogP contribution in [-0.2, 0) is 19.7 Å². The maximum Gasteiger partial charge on any atom is 0.499 e.